The molecule has 1 amide bonds. The van der Waals surface area contributed by atoms with Gasteiger partial charge in [-0.3, -0.25) is 9.59 Å². The second kappa shape index (κ2) is 12.5. The van der Waals surface area contributed by atoms with Gasteiger partial charge in [0.05, 0.1) is 6.10 Å². The second-order valence-electron chi connectivity index (χ2n) is 7.11. The van der Waals surface area contributed by atoms with Gasteiger partial charge in [0, 0.05) is 6.42 Å². The molecule has 4 N–H and O–H groups in total. The van der Waals surface area contributed by atoms with Gasteiger partial charge in [0.15, 0.2) is 0 Å². The third-order valence-electron chi connectivity index (χ3n) is 4.53. The molecule has 8 heteroatoms. The van der Waals surface area contributed by atoms with Gasteiger partial charge in [-0.25, -0.2) is 4.79 Å². The maximum Gasteiger partial charge on any atom is 0.328 e. The Kier molecular flexibility index (Phi) is 9.67. The Hall–Kier alpha value is -3.23. The fourth-order valence-electron chi connectivity index (χ4n) is 2.64. The molecule has 31 heavy (non-hydrogen) atoms. The first-order chi connectivity index (χ1) is 14.9. The zero-order valence-corrected chi connectivity index (χ0v) is 17.4. The van der Waals surface area contributed by atoms with Crippen molar-refractivity contribution in [2.24, 2.45) is 5.73 Å². The van der Waals surface area contributed by atoms with Crippen LogP contribution in [0.1, 0.15) is 30.9 Å². The first-order valence-corrected chi connectivity index (χ1v) is 10.0. The number of rotatable bonds is 11. The number of hydrogen-bond donors (Lipinski definition) is 3. The number of aliphatic hydroxyl groups is 1. The van der Waals surface area contributed by atoms with E-state index in [1.165, 1.54) is 6.92 Å². The van der Waals surface area contributed by atoms with Crippen molar-refractivity contribution in [2.45, 2.75) is 51.2 Å². The van der Waals surface area contributed by atoms with E-state index in [9.17, 15) is 19.5 Å². The molecule has 0 bridgehead atoms. The topological polar surface area (TPSA) is 128 Å². The van der Waals surface area contributed by atoms with Crippen molar-refractivity contribution in [1.82, 2.24) is 5.32 Å². The quantitative estimate of drug-likeness (QED) is 0.462. The lowest BCUT2D eigenvalue weighted by molar-refractivity contribution is -0.151. The van der Waals surface area contributed by atoms with Crippen molar-refractivity contribution >= 4 is 17.8 Å². The molecular weight excluding hydrogens is 400 g/mol. The summed E-state index contributed by atoms with van der Waals surface area (Å²) < 4.78 is 10.5. The van der Waals surface area contributed by atoms with Crippen molar-refractivity contribution in [1.29, 1.82) is 0 Å². The predicted molar refractivity (Wildman–Crippen MR) is 113 cm³/mol. The highest BCUT2D eigenvalue weighted by atomic mass is 16.5. The van der Waals surface area contributed by atoms with Crippen molar-refractivity contribution in [3.8, 4) is 0 Å². The van der Waals surface area contributed by atoms with E-state index in [0.717, 1.165) is 11.1 Å². The summed E-state index contributed by atoms with van der Waals surface area (Å²) in [6.45, 7) is 1.50. The van der Waals surface area contributed by atoms with E-state index in [-0.39, 0.29) is 26.1 Å². The monoisotopic (exact) mass is 428 g/mol. The van der Waals surface area contributed by atoms with E-state index in [0.29, 0.717) is 0 Å². The fraction of sp³-hybridized carbons (Fsp3) is 0.348. The third kappa shape index (κ3) is 8.57. The number of esters is 2. The highest BCUT2D eigenvalue weighted by Crippen LogP contribution is 2.08. The Morgan fingerprint density at radius 2 is 1.45 bits per heavy atom. The van der Waals surface area contributed by atoms with E-state index in [4.69, 9.17) is 15.2 Å². The van der Waals surface area contributed by atoms with Crippen LogP contribution in [0.2, 0.25) is 0 Å². The summed E-state index contributed by atoms with van der Waals surface area (Å²) in [6.07, 6.45) is -1.24. The zero-order valence-electron chi connectivity index (χ0n) is 17.4. The average molecular weight is 428 g/mol. The van der Waals surface area contributed by atoms with Crippen LogP contribution >= 0.6 is 0 Å². The lowest BCUT2D eigenvalue weighted by Gasteiger charge is -2.21. The standard InChI is InChI=1S/C23H28N2O6/c1-16(26)21(24)22(28)25-19(23(29)31-15-18-10-6-3-7-11-18)12-13-20(27)30-14-17-8-4-2-5-9-17/h2-11,16,19,21,26H,12-15,24H2,1H3,(H,25,28)/t16-,19+,21+/m1/s1. The van der Waals surface area contributed by atoms with Gasteiger partial charge in [-0.2, -0.15) is 0 Å². The maximum absolute atomic E-state index is 12.5. The van der Waals surface area contributed by atoms with Crippen molar-refractivity contribution in [3.05, 3.63) is 71.8 Å². The van der Waals surface area contributed by atoms with Gasteiger partial charge in [-0.15, -0.1) is 0 Å². The molecule has 166 valence electrons. The maximum atomic E-state index is 12.5. The molecule has 0 spiro atoms. The molecule has 8 nitrogen and oxygen atoms in total. The van der Waals surface area contributed by atoms with Crippen LogP contribution in [0.3, 0.4) is 0 Å². The number of aliphatic hydroxyl groups excluding tert-OH is 1. The molecule has 2 rings (SSSR count). The largest absolute Gasteiger partial charge is 0.461 e. The van der Waals surface area contributed by atoms with Gasteiger partial charge < -0.3 is 25.6 Å². The van der Waals surface area contributed by atoms with Crippen molar-refractivity contribution in [2.75, 3.05) is 0 Å². The van der Waals surface area contributed by atoms with Crippen LogP contribution in [0.4, 0.5) is 0 Å². The summed E-state index contributed by atoms with van der Waals surface area (Å²) in [5, 5.41) is 12.0. The first kappa shape index (κ1) is 24.0. The highest BCUT2D eigenvalue weighted by molar-refractivity contribution is 5.88. The minimum absolute atomic E-state index is 0.0208. The summed E-state index contributed by atoms with van der Waals surface area (Å²) in [5.74, 6) is -1.93. The summed E-state index contributed by atoms with van der Waals surface area (Å²) in [5.41, 5.74) is 7.26. The van der Waals surface area contributed by atoms with E-state index in [2.05, 4.69) is 5.32 Å². The summed E-state index contributed by atoms with van der Waals surface area (Å²) >= 11 is 0. The minimum Gasteiger partial charge on any atom is -0.461 e. The minimum atomic E-state index is -1.21. The van der Waals surface area contributed by atoms with E-state index in [1.807, 2.05) is 48.5 Å². The molecule has 0 radical (unpaired) electrons. The Morgan fingerprint density at radius 3 is 1.97 bits per heavy atom. The molecule has 0 unspecified atom stereocenters. The van der Waals surface area contributed by atoms with Gasteiger partial charge in [0.2, 0.25) is 5.91 Å². The number of amides is 1. The lowest BCUT2D eigenvalue weighted by atomic mass is 10.1. The van der Waals surface area contributed by atoms with Crippen LogP contribution < -0.4 is 11.1 Å². The Labute approximate surface area is 181 Å². The number of benzene rings is 2. The van der Waals surface area contributed by atoms with Crippen LogP contribution in [0.15, 0.2) is 60.7 Å². The molecule has 2 aromatic carbocycles. The molecule has 0 saturated carbocycles. The Bertz CT molecular complexity index is 842. The van der Waals surface area contributed by atoms with Crippen LogP contribution in [0.25, 0.3) is 0 Å². The van der Waals surface area contributed by atoms with Crippen LogP contribution in [-0.4, -0.2) is 41.1 Å². The van der Waals surface area contributed by atoms with Crippen LogP contribution in [-0.2, 0) is 37.1 Å². The van der Waals surface area contributed by atoms with Gasteiger partial charge in [0.1, 0.15) is 25.3 Å². The van der Waals surface area contributed by atoms with E-state index in [1.54, 1.807) is 12.1 Å². The Morgan fingerprint density at radius 1 is 0.935 bits per heavy atom. The van der Waals surface area contributed by atoms with Crippen molar-refractivity contribution in [3.63, 3.8) is 0 Å². The number of nitrogens with two attached hydrogens (primary N) is 1. The summed E-state index contributed by atoms with van der Waals surface area (Å²) in [4.78, 5) is 36.9. The van der Waals surface area contributed by atoms with Crippen LogP contribution in [0, 0.1) is 0 Å². The smallest absolute Gasteiger partial charge is 0.328 e. The third-order valence-corrected chi connectivity index (χ3v) is 4.53. The SMILES string of the molecule is C[C@@H](O)[C@H](N)C(=O)N[C@@H](CCC(=O)OCc1ccccc1)C(=O)OCc1ccccc1. The molecule has 0 aromatic heterocycles. The average Bonchev–Trinajstić information content (AvgIpc) is 2.79. The predicted octanol–water partition coefficient (Wildman–Crippen LogP) is 1.45. The molecule has 0 fully saturated rings. The lowest BCUT2D eigenvalue weighted by Crippen LogP contribution is -2.52. The Balaban J connectivity index is 1.92. The second-order valence-corrected chi connectivity index (χ2v) is 7.11. The molecule has 0 aliphatic heterocycles. The van der Waals surface area contributed by atoms with Gasteiger partial charge in [-0.05, 0) is 24.5 Å². The number of ether oxygens (including phenoxy) is 2. The molecule has 0 aliphatic rings. The number of hydrogen-bond acceptors (Lipinski definition) is 7. The summed E-state index contributed by atoms with van der Waals surface area (Å²) in [7, 11) is 0. The highest BCUT2D eigenvalue weighted by Gasteiger charge is 2.27. The van der Waals surface area contributed by atoms with E-state index < -0.39 is 36.0 Å². The molecule has 0 aliphatic carbocycles. The van der Waals surface area contributed by atoms with E-state index >= 15 is 0 Å². The fourth-order valence-corrected chi connectivity index (χ4v) is 2.64. The zero-order chi connectivity index (χ0) is 22.6. The van der Waals surface area contributed by atoms with Crippen LogP contribution in [0.5, 0.6) is 0 Å². The molecule has 0 saturated heterocycles. The van der Waals surface area contributed by atoms with Gasteiger partial charge in [-0.1, -0.05) is 60.7 Å². The van der Waals surface area contributed by atoms with Crippen molar-refractivity contribution < 1.29 is 29.0 Å². The molecule has 2 aromatic rings. The molecule has 3 atom stereocenters. The molecular formula is C23H28N2O6. The number of carbonyl (C=O) groups is 3. The van der Waals surface area contributed by atoms with Gasteiger partial charge >= 0.3 is 11.9 Å². The first-order valence-electron chi connectivity index (χ1n) is 10.0. The number of nitrogens with one attached hydrogen (secondary N) is 1. The normalized spacial score (nSPS) is 13.5. The summed E-state index contributed by atoms with van der Waals surface area (Å²) in [6, 6.07) is 15.9. The molecule has 0 heterocycles. The van der Waals surface area contributed by atoms with Gasteiger partial charge in [0.25, 0.3) is 0 Å². The number of carbonyl (C=O) groups excluding carboxylic acids is 3.